The molecule has 2 rings (SSSR count). The molecule has 1 aliphatic carbocycles. The smallest absolute Gasteiger partial charge is 0.223 e. The summed E-state index contributed by atoms with van der Waals surface area (Å²) in [7, 11) is 2.05. The van der Waals surface area contributed by atoms with E-state index in [0.717, 1.165) is 19.4 Å². The van der Waals surface area contributed by atoms with Crippen molar-refractivity contribution in [1.82, 2.24) is 5.32 Å². The van der Waals surface area contributed by atoms with E-state index in [9.17, 15) is 4.79 Å². The number of carbonyl (C=O) groups excluding carboxylic acids is 1. The molecule has 1 amide bonds. The van der Waals surface area contributed by atoms with Gasteiger partial charge in [0.1, 0.15) is 0 Å². The molecule has 0 spiro atoms. The van der Waals surface area contributed by atoms with Crippen molar-refractivity contribution in [2.24, 2.45) is 5.92 Å². The van der Waals surface area contributed by atoms with Crippen molar-refractivity contribution in [3.05, 3.63) is 30.3 Å². The Hall–Kier alpha value is -1.51. The zero-order valence-corrected chi connectivity index (χ0v) is 10.5. The molecule has 1 aliphatic rings. The second-order valence-corrected chi connectivity index (χ2v) is 4.90. The van der Waals surface area contributed by atoms with Gasteiger partial charge in [-0.25, -0.2) is 0 Å². The standard InChI is InChI=1S/C14H20N2O/c1-11(15-14(17)12-8-9-12)10-16(2)13-6-4-3-5-7-13/h3-7,11-12H,8-10H2,1-2H3,(H,15,17)/t11-/m0/s1. The van der Waals surface area contributed by atoms with Crippen molar-refractivity contribution in [2.75, 3.05) is 18.5 Å². The van der Waals surface area contributed by atoms with E-state index in [1.165, 1.54) is 5.69 Å². The Morgan fingerprint density at radius 2 is 2.06 bits per heavy atom. The largest absolute Gasteiger partial charge is 0.373 e. The quantitative estimate of drug-likeness (QED) is 0.842. The van der Waals surface area contributed by atoms with Gasteiger partial charge in [-0.1, -0.05) is 18.2 Å². The maximum Gasteiger partial charge on any atom is 0.223 e. The van der Waals surface area contributed by atoms with Crippen LogP contribution in [0, 0.1) is 5.92 Å². The van der Waals surface area contributed by atoms with Crippen LogP contribution >= 0.6 is 0 Å². The number of nitrogens with zero attached hydrogens (tertiary/aromatic N) is 1. The lowest BCUT2D eigenvalue weighted by atomic mass is 10.2. The summed E-state index contributed by atoms with van der Waals surface area (Å²) >= 11 is 0. The molecule has 1 saturated carbocycles. The van der Waals surface area contributed by atoms with Crippen molar-refractivity contribution in [1.29, 1.82) is 0 Å². The molecule has 1 atom stereocenters. The van der Waals surface area contributed by atoms with E-state index >= 15 is 0 Å². The van der Waals surface area contributed by atoms with E-state index in [4.69, 9.17) is 0 Å². The molecular weight excluding hydrogens is 212 g/mol. The summed E-state index contributed by atoms with van der Waals surface area (Å²) in [5.41, 5.74) is 1.18. The van der Waals surface area contributed by atoms with Gasteiger partial charge >= 0.3 is 0 Å². The number of anilines is 1. The molecule has 0 unspecified atom stereocenters. The zero-order valence-electron chi connectivity index (χ0n) is 10.5. The Kier molecular flexibility index (Phi) is 3.67. The van der Waals surface area contributed by atoms with Crippen LogP contribution in [0.25, 0.3) is 0 Å². The van der Waals surface area contributed by atoms with Crippen LogP contribution in [0.4, 0.5) is 5.69 Å². The Labute approximate surface area is 103 Å². The normalized spacial score (nSPS) is 16.4. The molecule has 1 N–H and O–H groups in total. The van der Waals surface area contributed by atoms with Crippen molar-refractivity contribution in [3.8, 4) is 0 Å². The van der Waals surface area contributed by atoms with Gasteiger partial charge in [0, 0.05) is 31.2 Å². The fraction of sp³-hybridized carbons (Fsp3) is 0.500. The predicted octanol–water partition coefficient (Wildman–Crippen LogP) is 2.04. The average molecular weight is 232 g/mol. The Morgan fingerprint density at radius 3 is 2.65 bits per heavy atom. The first-order valence-corrected chi connectivity index (χ1v) is 6.23. The lowest BCUT2D eigenvalue weighted by molar-refractivity contribution is -0.122. The number of carbonyl (C=O) groups is 1. The Bertz CT molecular complexity index is 373. The maximum absolute atomic E-state index is 11.6. The monoisotopic (exact) mass is 232 g/mol. The molecule has 0 bridgehead atoms. The Morgan fingerprint density at radius 1 is 1.41 bits per heavy atom. The molecule has 3 nitrogen and oxygen atoms in total. The number of para-hydroxylation sites is 1. The van der Waals surface area contributed by atoms with Crippen LogP contribution in [0.2, 0.25) is 0 Å². The Balaban J connectivity index is 1.81. The predicted molar refractivity (Wildman–Crippen MR) is 70.0 cm³/mol. The first-order chi connectivity index (χ1) is 8.16. The average Bonchev–Trinajstić information content (AvgIpc) is 3.13. The molecule has 0 aromatic heterocycles. The molecule has 1 aromatic carbocycles. The van der Waals surface area contributed by atoms with E-state index in [1.807, 2.05) is 18.2 Å². The molecule has 0 radical (unpaired) electrons. The molecule has 92 valence electrons. The van der Waals surface area contributed by atoms with Crippen LogP contribution in [0.3, 0.4) is 0 Å². The summed E-state index contributed by atoms with van der Waals surface area (Å²) < 4.78 is 0. The summed E-state index contributed by atoms with van der Waals surface area (Å²) in [6.07, 6.45) is 2.13. The molecule has 1 aromatic rings. The first-order valence-electron chi connectivity index (χ1n) is 6.23. The van der Waals surface area contributed by atoms with E-state index < -0.39 is 0 Å². The third-order valence-corrected chi connectivity index (χ3v) is 3.08. The number of hydrogen-bond donors (Lipinski definition) is 1. The zero-order chi connectivity index (χ0) is 12.3. The molecule has 0 saturated heterocycles. The van der Waals surface area contributed by atoms with Gasteiger partial charge in [-0.15, -0.1) is 0 Å². The highest BCUT2D eigenvalue weighted by Crippen LogP contribution is 2.28. The summed E-state index contributed by atoms with van der Waals surface area (Å²) in [6, 6.07) is 10.4. The SMILES string of the molecule is C[C@@H](CN(C)c1ccccc1)NC(=O)C1CC1. The van der Waals surface area contributed by atoms with Gasteiger partial charge < -0.3 is 10.2 Å². The number of amides is 1. The second kappa shape index (κ2) is 5.21. The highest BCUT2D eigenvalue weighted by molar-refractivity contribution is 5.81. The number of nitrogens with one attached hydrogen (secondary N) is 1. The van der Waals surface area contributed by atoms with Gasteiger partial charge in [0.15, 0.2) is 0 Å². The third-order valence-electron chi connectivity index (χ3n) is 3.08. The number of rotatable bonds is 5. The number of hydrogen-bond acceptors (Lipinski definition) is 2. The van der Waals surface area contributed by atoms with E-state index in [0.29, 0.717) is 5.92 Å². The van der Waals surface area contributed by atoms with Gasteiger partial charge in [-0.05, 0) is 31.9 Å². The van der Waals surface area contributed by atoms with Gasteiger partial charge in [0.2, 0.25) is 5.91 Å². The summed E-state index contributed by atoms with van der Waals surface area (Å²) in [6.45, 7) is 2.89. The van der Waals surface area contributed by atoms with Gasteiger partial charge in [-0.3, -0.25) is 4.79 Å². The van der Waals surface area contributed by atoms with Crippen LogP contribution in [0.1, 0.15) is 19.8 Å². The molecular formula is C14H20N2O. The summed E-state index contributed by atoms with van der Waals surface area (Å²) in [5.74, 6) is 0.512. The molecule has 1 fully saturated rings. The minimum absolute atomic E-state index is 0.188. The van der Waals surface area contributed by atoms with Gasteiger partial charge in [0.05, 0.1) is 0 Å². The highest BCUT2D eigenvalue weighted by Gasteiger charge is 2.30. The third kappa shape index (κ3) is 3.48. The fourth-order valence-electron chi connectivity index (χ4n) is 1.95. The number of benzene rings is 1. The van der Waals surface area contributed by atoms with Crippen LogP contribution in [-0.2, 0) is 4.79 Å². The lowest BCUT2D eigenvalue weighted by Crippen LogP contribution is -2.41. The van der Waals surface area contributed by atoms with Crippen molar-refractivity contribution >= 4 is 11.6 Å². The van der Waals surface area contributed by atoms with E-state index in [1.54, 1.807) is 0 Å². The molecule has 0 heterocycles. The van der Waals surface area contributed by atoms with Gasteiger partial charge in [-0.2, -0.15) is 0 Å². The van der Waals surface area contributed by atoms with E-state index in [2.05, 4.69) is 36.3 Å². The number of likely N-dealkylation sites (N-methyl/N-ethyl adjacent to an activating group) is 1. The van der Waals surface area contributed by atoms with Crippen molar-refractivity contribution in [2.45, 2.75) is 25.8 Å². The van der Waals surface area contributed by atoms with Crippen molar-refractivity contribution in [3.63, 3.8) is 0 Å². The van der Waals surface area contributed by atoms with Crippen LogP contribution < -0.4 is 10.2 Å². The van der Waals surface area contributed by atoms with Gasteiger partial charge in [0.25, 0.3) is 0 Å². The topological polar surface area (TPSA) is 32.3 Å². The van der Waals surface area contributed by atoms with Crippen LogP contribution in [0.15, 0.2) is 30.3 Å². The molecule has 17 heavy (non-hydrogen) atoms. The summed E-state index contributed by atoms with van der Waals surface area (Å²) in [4.78, 5) is 13.8. The highest BCUT2D eigenvalue weighted by atomic mass is 16.2. The first kappa shape index (κ1) is 12.0. The van der Waals surface area contributed by atoms with Crippen molar-refractivity contribution < 1.29 is 4.79 Å². The van der Waals surface area contributed by atoms with E-state index in [-0.39, 0.29) is 11.9 Å². The van der Waals surface area contributed by atoms with Crippen LogP contribution in [0.5, 0.6) is 0 Å². The summed E-state index contributed by atoms with van der Waals surface area (Å²) in [5, 5.41) is 3.06. The molecule has 3 heteroatoms. The molecule has 0 aliphatic heterocycles. The lowest BCUT2D eigenvalue weighted by Gasteiger charge is -2.24. The minimum Gasteiger partial charge on any atom is -0.373 e. The second-order valence-electron chi connectivity index (χ2n) is 4.90. The fourth-order valence-corrected chi connectivity index (χ4v) is 1.95. The van der Waals surface area contributed by atoms with Crippen LogP contribution in [-0.4, -0.2) is 25.5 Å². The minimum atomic E-state index is 0.188. The maximum atomic E-state index is 11.6.